The molecule has 1 heterocycles. The van der Waals surface area contributed by atoms with Gasteiger partial charge >= 0.3 is 0 Å². The van der Waals surface area contributed by atoms with Gasteiger partial charge in [0.25, 0.3) is 0 Å². The van der Waals surface area contributed by atoms with Crippen molar-refractivity contribution in [2.45, 2.75) is 38.5 Å². The first-order valence-electron chi connectivity index (χ1n) is 6.03. The average molecular weight is 236 g/mol. The first-order valence-corrected chi connectivity index (χ1v) is 6.03. The predicted molar refractivity (Wildman–Crippen MR) is 66.8 cm³/mol. The Morgan fingerprint density at radius 1 is 1.47 bits per heavy atom. The number of hydrazine groups is 1. The van der Waals surface area contributed by atoms with E-state index >= 15 is 0 Å². The SMILES string of the molecule is CC(C)OCC(NN)C1Cc2ccccc2O1. The van der Waals surface area contributed by atoms with Gasteiger partial charge in [-0.2, -0.15) is 0 Å². The van der Waals surface area contributed by atoms with Crippen LogP contribution in [0.4, 0.5) is 0 Å². The van der Waals surface area contributed by atoms with Crippen LogP contribution in [0.5, 0.6) is 5.75 Å². The number of nitrogens with two attached hydrogens (primary N) is 1. The maximum atomic E-state index is 5.87. The van der Waals surface area contributed by atoms with Gasteiger partial charge in [0.1, 0.15) is 11.9 Å². The summed E-state index contributed by atoms with van der Waals surface area (Å²) in [4.78, 5) is 0. The number of benzene rings is 1. The maximum absolute atomic E-state index is 5.87. The molecule has 94 valence electrons. The van der Waals surface area contributed by atoms with Crippen LogP contribution in [-0.2, 0) is 11.2 Å². The van der Waals surface area contributed by atoms with Crippen LogP contribution in [0.2, 0.25) is 0 Å². The van der Waals surface area contributed by atoms with Gasteiger partial charge in [-0.1, -0.05) is 18.2 Å². The van der Waals surface area contributed by atoms with Gasteiger partial charge in [-0.25, -0.2) is 0 Å². The van der Waals surface area contributed by atoms with Crippen molar-refractivity contribution in [3.05, 3.63) is 29.8 Å². The van der Waals surface area contributed by atoms with E-state index in [9.17, 15) is 0 Å². The van der Waals surface area contributed by atoms with Gasteiger partial charge < -0.3 is 9.47 Å². The van der Waals surface area contributed by atoms with Crippen molar-refractivity contribution in [1.82, 2.24) is 5.43 Å². The number of ether oxygens (including phenoxy) is 2. The van der Waals surface area contributed by atoms with Crippen molar-refractivity contribution < 1.29 is 9.47 Å². The first kappa shape index (κ1) is 12.4. The molecule has 0 saturated carbocycles. The number of fused-ring (bicyclic) bond motifs is 1. The smallest absolute Gasteiger partial charge is 0.123 e. The Morgan fingerprint density at radius 2 is 2.24 bits per heavy atom. The molecule has 0 spiro atoms. The second kappa shape index (κ2) is 5.49. The lowest BCUT2D eigenvalue weighted by Gasteiger charge is -2.23. The second-order valence-corrected chi connectivity index (χ2v) is 4.62. The Labute approximate surface area is 102 Å². The Hall–Kier alpha value is -1.10. The van der Waals surface area contributed by atoms with E-state index in [0.717, 1.165) is 12.2 Å². The fraction of sp³-hybridized carbons (Fsp3) is 0.538. The highest BCUT2D eigenvalue weighted by Gasteiger charge is 2.29. The molecule has 0 amide bonds. The van der Waals surface area contributed by atoms with E-state index in [0.29, 0.717) is 6.61 Å². The number of hydrogen-bond donors (Lipinski definition) is 2. The summed E-state index contributed by atoms with van der Waals surface area (Å²) >= 11 is 0. The summed E-state index contributed by atoms with van der Waals surface area (Å²) < 4.78 is 11.5. The number of nitrogens with one attached hydrogen (secondary N) is 1. The number of para-hydroxylation sites is 1. The lowest BCUT2D eigenvalue weighted by atomic mass is 10.1. The van der Waals surface area contributed by atoms with Crippen LogP contribution >= 0.6 is 0 Å². The summed E-state index contributed by atoms with van der Waals surface area (Å²) in [5, 5.41) is 0. The molecule has 1 aromatic carbocycles. The van der Waals surface area contributed by atoms with Gasteiger partial charge in [-0.3, -0.25) is 11.3 Å². The van der Waals surface area contributed by atoms with E-state index in [1.807, 2.05) is 32.0 Å². The predicted octanol–water partition coefficient (Wildman–Crippen LogP) is 1.25. The molecule has 0 fully saturated rings. The third-order valence-corrected chi connectivity index (χ3v) is 2.94. The summed E-state index contributed by atoms with van der Waals surface area (Å²) in [6, 6.07) is 8.11. The number of hydrogen-bond acceptors (Lipinski definition) is 4. The molecule has 1 aliphatic heterocycles. The molecule has 3 N–H and O–H groups in total. The van der Waals surface area contributed by atoms with Gasteiger partial charge in [0, 0.05) is 6.42 Å². The summed E-state index contributed by atoms with van der Waals surface area (Å²) in [5.74, 6) is 6.52. The van der Waals surface area contributed by atoms with Crippen LogP contribution < -0.4 is 16.0 Å². The molecular weight excluding hydrogens is 216 g/mol. The summed E-state index contributed by atoms with van der Waals surface area (Å²) in [6.07, 6.45) is 1.14. The average Bonchev–Trinajstić information content (AvgIpc) is 2.72. The Kier molecular flexibility index (Phi) is 3.99. The molecule has 1 aliphatic rings. The van der Waals surface area contributed by atoms with Crippen LogP contribution in [0.3, 0.4) is 0 Å². The van der Waals surface area contributed by atoms with Crippen molar-refractivity contribution in [3.8, 4) is 5.75 Å². The molecule has 0 aliphatic carbocycles. The molecule has 0 radical (unpaired) electrons. The molecule has 2 unspecified atom stereocenters. The summed E-state index contributed by atoms with van der Waals surface area (Å²) in [7, 11) is 0. The Balaban J connectivity index is 1.95. The standard InChI is InChI=1S/C13H20N2O2/c1-9(2)16-8-11(15-14)13-7-10-5-3-4-6-12(10)17-13/h3-6,9,11,13,15H,7-8,14H2,1-2H3. The zero-order valence-corrected chi connectivity index (χ0v) is 10.3. The third kappa shape index (κ3) is 2.97. The second-order valence-electron chi connectivity index (χ2n) is 4.62. The monoisotopic (exact) mass is 236 g/mol. The first-order chi connectivity index (χ1) is 8.20. The van der Waals surface area contributed by atoms with Gasteiger partial charge in [-0.05, 0) is 25.5 Å². The van der Waals surface area contributed by atoms with Crippen LogP contribution in [0.1, 0.15) is 19.4 Å². The van der Waals surface area contributed by atoms with Crippen LogP contribution in [0, 0.1) is 0 Å². The Bertz CT molecular complexity index is 343. The highest BCUT2D eigenvalue weighted by molar-refractivity contribution is 5.37. The van der Waals surface area contributed by atoms with Crippen molar-refractivity contribution in [3.63, 3.8) is 0 Å². The fourth-order valence-electron chi connectivity index (χ4n) is 1.99. The van der Waals surface area contributed by atoms with Crippen LogP contribution in [0.25, 0.3) is 0 Å². The summed E-state index contributed by atoms with van der Waals surface area (Å²) in [5.41, 5.74) is 4.02. The van der Waals surface area contributed by atoms with E-state index in [1.165, 1.54) is 5.56 Å². The maximum Gasteiger partial charge on any atom is 0.123 e. The van der Waals surface area contributed by atoms with Crippen molar-refractivity contribution in [1.29, 1.82) is 0 Å². The molecule has 2 rings (SSSR count). The molecule has 0 saturated heterocycles. The zero-order valence-electron chi connectivity index (χ0n) is 10.3. The normalized spacial score (nSPS) is 20.1. The van der Waals surface area contributed by atoms with E-state index in [4.69, 9.17) is 15.3 Å². The van der Waals surface area contributed by atoms with Crippen LogP contribution in [-0.4, -0.2) is 24.9 Å². The van der Waals surface area contributed by atoms with Gasteiger partial charge in [-0.15, -0.1) is 0 Å². The molecule has 0 aromatic heterocycles. The Morgan fingerprint density at radius 3 is 2.88 bits per heavy atom. The van der Waals surface area contributed by atoms with Crippen molar-refractivity contribution >= 4 is 0 Å². The lowest BCUT2D eigenvalue weighted by Crippen LogP contribution is -2.49. The van der Waals surface area contributed by atoms with E-state index in [2.05, 4.69) is 11.5 Å². The minimum Gasteiger partial charge on any atom is -0.488 e. The van der Waals surface area contributed by atoms with E-state index in [-0.39, 0.29) is 18.2 Å². The van der Waals surface area contributed by atoms with Gasteiger partial charge in [0.15, 0.2) is 0 Å². The van der Waals surface area contributed by atoms with E-state index in [1.54, 1.807) is 0 Å². The minimum atomic E-state index is 0.0183. The largest absolute Gasteiger partial charge is 0.488 e. The van der Waals surface area contributed by atoms with Crippen LogP contribution in [0.15, 0.2) is 24.3 Å². The molecule has 4 heteroatoms. The quantitative estimate of drug-likeness (QED) is 0.596. The molecule has 0 bridgehead atoms. The van der Waals surface area contributed by atoms with Crippen molar-refractivity contribution in [2.75, 3.05) is 6.61 Å². The molecule has 2 atom stereocenters. The third-order valence-electron chi connectivity index (χ3n) is 2.94. The highest BCUT2D eigenvalue weighted by Crippen LogP contribution is 2.29. The topological polar surface area (TPSA) is 56.5 Å². The molecular formula is C13H20N2O2. The summed E-state index contributed by atoms with van der Waals surface area (Å²) in [6.45, 7) is 4.59. The zero-order chi connectivity index (χ0) is 12.3. The van der Waals surface area contributed by atoms with Crippen molar-refractivity contribution in [2.24, 2.45) is 5.84 Å². The molecule has 1 aromatic rings. The number of rotatable bonds is 5. The van der Waals surface area contributed by atoms with Gasteiger partial charge in [0.2, 0.25) is 0 Å². The van der Waals surface area contributed by atoms with E-state index < -0.39 is 0 Å². The minimum absolute atomic E-state index is 0.0183. The van der Waals surface area contributed by atoms with Gasteiger partial charge in [0.05, 0.1) is 18.8 Å². The molecule has 4 nitrogen and oxygen atoms in total. The fourth-order valence-corrected chi connectivity index (χ4v) is 1.99. The lowest BCUT2D eigenvalue weighted by molar-refractivity contribution is 0.0329. The highest BCUT2D eigenvalue weighted by atomic mass is 16.5. The molecule has 17 heavy (non-hydrogen) atoms.